The van der Waals surface area contributed by atoms with Crippen molar-refractivity contribution in [3.8, 4) is 0 Å². The molecule has 5 heteroatoms. The number of benzene rings is 1. The lowest BCUT2D eigenvalue weighted by Crippen LogP contribution is -2.41. The van der Waals surface area contributed by atoms with Gasteiger partial charge in [-0.2, -0.15) is 0 Å². The smallest absolute Gasteiger partial charge is 0.400 e. The second-order valence-electron chi connectivity index (χ2n) is 6.84. The Kier molecular flexibility index (Phi) is 3.67. The van der Waals surface area contributed by atoms with Gasteiger partial charge in [-0.3, -0.25) is 0 Å². The van der Waals surface area contributed by atoms with E-state index in [2.05, 4.69) is 35.3 Å². The van der Waals surface area contributed by atoms with E-state index in [4.69, 9.17) is 15.0 Å². The molecule has 0 bridgehead atoms. The molecule has 3 N–H and O–H groups in total. The van der Waals surface area contributed by atoms with Gasteiger partial charge >= 0.3 is 7.12 Å². The molecule has 22 heavy (non-hydrogen) atoms. The lowest BCUT2D eigenvalue weighted by molar-refractivity contribution is 0.00578. The molecule has 0 saturated carbocycles. The van der Waals surface area contributed by atoms with Gasteiger partial charge < -0.3 is 20.0 Å². The second kappa shape index (κ2) is 5.27. The van der Waals surface area contributed by atoms with Gasteiger partial charge in [0.1, 0.15) is 0 Å². The summed E-state index contributed by atoms with van der Waals surface area (Å²) >= 11 is 0. The minimum atomic E-state index is -0.392. The maximum atomic E-state index is 6.09. The van der Waals surface area contributed by atoms with Crippen molar-refractivity contribution >= 4 is 24.1 Å². The van der Waals surface area contributed by atoms with Crippen molar-refractivity contribution < 1.29 is 9.31 Å². The van der Waals surface area contributed by atoms with Crippen LogP contribution in [0.1, 0.15) is 33.3 Å². The summed E-state index contributed by atoms with van der Waals surface area (Å²) in [5.41, 5.74) is 8.41. The van der Waals surface area contributed by atoms with Gasteiger partial charge in [-0.1, -0.05) is 12.1 Å². The third kappa shape index (κ3) is 2.60. The normalized spacial score (nSPS) is 20.8. The molecule has 0 amide bonds. The van der Waals surface area contributed by atoms with Gasteiger partial charge in [0.2, 0.25) is 0 Å². The lowest BCUT2D eigenvalue weighted by atomic mass is 9.77. The molecule has 0 radical (unpaired) electrons. The molecule has 0 unspecified atom stereocenters. The molecular formula is C17H23BN2O2. The predicted molar refractivity (Wildman–Crippen MR) is 91.4 cm³/mol. The Morgan fingerprint density at radius 2 is 1.86 bits per heavy atom. The summed E-state index contributed by atoms with van der Waals surface area (Å²) in [6.07, 6.45) is 4.00. The first-order valence-electron chi connectivity index (χ1n) is 7.66. The number of hydrogen-bond donors (Lipinski definition) is 2. The minimum Gasteiger partial charge on any atom is -0.400 e. The van der Waals surface area contributed by atoms with Crippen molar-refractivity contribution in [1.29, 1.82) is 0 Å². The van der Waals surface area contributed by atoms with Crippen LogP contribution in [0, 0.1) is 0 Å². The second-order valence-corrected chi connectivity index (χ2v) is 6.84. The van der Waals surface area contributed by atoms with Gasteiger partial charge in [-0.15, -0.1) is 0 Å². The molecule has 0 atom stereocenters. The van der Waals surface area contributed by atoms with E-state index in [0.717, 1.165) is 16.6 Å². The van der Waals surface area contributed by atoms with Crippen LogP contribution in [0.3, 0.4) is 0 Å². The summed E-state index contributed by atoms with van der Waals surface area (Å²) in [6.45, 7) is 8.60. The molecule has 3 rings (SSSR count). The van der Waals surface area contributed by atoms with Crippen molar-refractivity contribution in [2.45, 2.75) is 38.9 Å². The Morgan fingerprint density at radius 3 is 2.50 bits per heavy atom. The van der Waals surface area contributed by atoms with Crippen LogP contribution < -0.4 is 5.73 Å². The molecule has 0 spiro atoms. The summed E-state index contributed by atoms with van der Waals surface area (Å²) < 4.78 is 12.2. The average Bonchev–Trinajstić information content (AvgIpc) is 2.98. The summed E-state index contributed by atoms with van der Waals surface area (Å²) in [6, 6.07) is 8.33. The fourth-order valence-electron chi connectivity index (χ4n) is 2.59. The Balaban J connectivity index is 1.90. The van der Waals surface area contributed by atoms with E-state index in [0.29, 0.717) is 6.54 Å². The number of fused-ring (bicyclic) bond motifs is 1. The molecule has 0 aliphatic carbocycles. The molecule has 1 aromatic carbocycles. The van der Waals surface area contributed by atoms with Gasteiger partial charge in [0.05, 0.1) is 11.2 Å². The number of nitrogens with two attached hydrogens (primary N) is 1. The first-order chi connectivity index (χ1) is 10.3. The van der Waals surface area contributed by atoms with Gasteiger partial charge in [-0.05, 0) is 62.3 Å². The number of aromatic amines is 1. The van der Waals surface area contributed by atoms with Gasteiger partial charge in [0, 0.05) is 18.3 Å². The van der Waals surface area contributed by atoms with E-state index in [1.165, 1.54) is 5.39 Å². The van der Waals surface area contributed by atoms with Crippen molar-refractivity contribution in [1.82, 2.24) is 4.98 Å². The SMILES string of the molecule is CC1(C)OB(C(=Cc2ccc3[nH]ccc3c2)CN)OC1(C)C. The van der Waals surface area contributed by atoms with Crippen LogP contribution in [0.25, 0.3) is 17.0 Å². The summed E-state index contributed by atoms with van der Waals surface area (Å²) in [7, 11) is -0.392. The number of H-pyrrole nitrogens is 1. The molecule has 1 aromatic heterocycles. The number of aromatic nitrogens is 1. The largest absolute Gasteiger partial charge is 0.491 e. The standard InChI is InChI=1S/C17H23BN2O2/c1-16(2)17(3,4)22-18(21-16)14(11-19)10-12-5-6-15-13(9-12)7-8-20-15/h5-10,20H,11,19H2,1-4H3. The maximum absolute atomic E-state index is 6.09. The zero-order chi connectivity index (χ0) is 16.0. The third-order valence-corrected chi connectivity index (χ3v) is 4.72. The quantitative estimate of drug-likeness (QED) is 0.856. The molecule has 4 nitrogen and oxygen atoms in total. The van der Waals surface area contributed by atoms with Crippen LogP contribution in [0.5, 0.6) is 0 Å². The monoisotopic (exact) mass is 298 g/mol. The van der Waals surface area contributed by atoms with Crippen LogP contribution >= 0.6 is 0 Å². The number of rotatable bonds is 3. The molecular weight excluding hydrogens is 275 g/mol. The van der Waals surface area contributed by atoms with Crippen molar-refractivity contribution in [3.63, 3.8) is 0 Å². The third-order valence-electron chi connectivity index (χ3n) is 4.72. The first-order valence-corrected chi connectivity index (χ1v) is 7.66. The Hall–Kier alpha value is -1.56. The highest BCUT2D eigenvalue weighted by Crippen LogP contribution is 2.38. The molecule has 1 fully saturated rings. The number of nitrogens with one attached hydrogen (secondary N) is 1. The molecule has 2 aromatic rings. The van der Waals surface area contributed by atoms with E-state index in [1.807, 2.05) is 33.9 Å². The van der Waals surface area contributed by atoms with Gasteiger partial charge in [0.15, 0.2) is 0 Å². The zero-order valence-corrected chi connectivity index (χ0v) is 13.6. The summed E-state index contributed by atoms with van der Waals surface area (Å²) in [4.78, 5) is 3.20. The van der Waals surface area contributed by atoms with E-state index in [9.17, 15) is 0 Å². The molecule has 1 saturated heterocycles. The van der Waals surface area contributed by atoms with Crippen LogP contribution in [-0.2, 0) is 9.31 Å². The Labute approximate surface area is 131 Å². The van der Waals surface area contributed by atoms with Gasteiger partial charge in [0.25, 0.3) is 0 Å². The fraction of sp³-hybridized carbons (Fsp3) is 0.412. The average molecular weight is 298 g/mol. The molecule has 2 heterocycles. The summed E-state index contributed by atoms with van der Waals surface area (Å²) in [5.74, 6) is 0. The van der Waals surface area contributed by atoms with Crippen LogP contribution in [0.2, 0.25) is 0 Å². The first kappa shape index (κ1) is 15.3. The zero-order valence-electron chi connectivity index (χ0n) is 13.6. The Morgan fingerprint density at radius 1 is 1.18 bits per heavy atom. The highest BCUT2D eigenvalue weighted by molar-refractivity contribution is 6.55. The molecule has 116 valence electrons. The van der Waals surface area contributed by atoms with Crippen LogP contribution in [-0.4, -0.2) is 29.8 Å². The number of hydrogen-bond acceptors (Lipinski definition) is 3. The molecule has 1 aliphatic heterocycles. The van der Waals surface area contributed by atoms with Crippen molar-refractivity contribution in [2.75, 3.05) is 6.54 Å². The maximum Gasteiger partial charge on any atom is 0.491 e. The van der Waals surface area contributed by atoms with E-state index in [1.54, 1.807) is 0 Å². The van der Waals surface area contributed by atoms with Crippen molar-refractivity contribution in [3.05, 3.63) is 41.5 Å². The van der Waals surface area contributed by atoms with Crippen molar-refractivity contribution in [2.24, 2.45) is 5.73 Å². The predicted octanol–water partition coefficient (Wildman–Crippen LogP) is 3.14. The summed E-state index contributed by atoms with van der Waals surface area (Å²) in [5, 5.41) is 1.18. The highest BCUT2D eigenvalue weighted by Gasteiger charge is 2.52. The fourth-order valence-corrected chi connectivity index (χ4v) is 2.59. The minimum absolute atomic E-state index is 0.351. The van der Waals surface area contributed by atoms with Crippen LogP contribution in [0.4, 0.5) is 0 Å². The Bertz CT molecular complexity index is 702. The van der Waals surface area contributed by atoms with E-state index in [-0.39, 0.29) is 11.2 Å². The van der Waals surface area contributed by atoms with Crippen LogP contribution in [0.15, 0.2) is 35.9 Å². The highest BCUT2D eigenvalue weighted by atomic mass is 16.7. The molecule has 1 aliphatic rings. The van der Waals surface area contributed by atoms with E-state index >= 15 is 0 Å². The lowest BCUT2D eigenvalue weighted by Gasteiger charge is -2.32. The van der Waals surface area contributed by atoms with Gasteiger partial charge in [-0.25, -0.2) is 0 Å². The topological polar surface area (TPSA) is 60.3 Å². The van der Waals surface area contributed by atoms with E-state index < -0.39 is 7.12 Å².